The molecule has 1 saturated carbocycles. The van der Waals surface area contributed by atoms with E-state index in [9.17, 15) is 8.78 Å². The van der Waals surface area contributed by atoms with Crippen LogP contribution in [0.5, 0.6) is 0 Å². The molecule has 0 saturated heterocycles. The maximum atomic E-state index is 11.9. The molecule has 0 spiro atoms. The summed E-state index contributed by atoms with van der Waals surface area (Å²) in [7, 11) is 0. The van der Waals surface area contributed by atoms with Crippen LogP contribution in [0.15, 0.2) is 0 Å². The predicted molar refractivity (Wildman–Crippen MR) is 31.3 cm³/mol. The monoisotopic (exact) mass is 135 g/mol. The molecule has 0 heterocycles. The minimum Gasteiger partial charge on any atom is -0.328 e. The van der Waals surface area contributed by atoms with Gasteiger partial charge in [0.2, 0.25) is 6.43 Å². The van der Waals surface area contributed by atoms with Gasteiger partial charge >= 0.3 is 0 Å². The van der Waals surface area contributed by atoms with E-state index < -0.39 is 12.3 Å². The summed E-state index contributed by atoms with van der Waals surface area (Å²) in [6, 6.07) is 0.0315. The van der Waals surface area contributed by atoms with Gasteiger partial charge in [-0.15, -0.1) is 0 Å². The summed E-state index contributed by atoms with van der Waals surface area (Å²) in [5.74, 6) is -0.417. The molecular weight excluding hydrogens is 124 g/mol. The van der Waals surface area contributed by atoms with Gasteiger partial charge in [0.1, 0.15) is 0 Å². The minimum absolute atomic E-state index is 0.0315. The SMILES string of the molecule is N[C@@H]1CC[C@H](C(F)F)C1. The summed E-state index contributed by atoms with van der Waals surface area (Å²) in [4.78, 5) is 0. The second kappa shape index (κ2) is 2.60. The van der Waals surface area contributed by atoms with Crippen molar-refractivity contribution in [3.05, 3.63) is 0 Å². The van der Waals surface area contributed by atoms with Crippen LogP contribution in [0.4, 0.5) is 8.78 Å². The normalized spacial score (nSPS) is 36.0. The molecule has 2 atom stereocenters. The van der Waals surface area contributed by atoms with Gasteiger partial charge < -0.3 is 5.73 Å². The van der Waals surface area contributed by atoms with Gasteiger partial charge in [0.15, 0.2) is 0 Å². The fourth-order valence-corrected chi connectivity index (χ4v) is 1.28. The molecule has 1 aliphatic rings. The first-order chi connectivity index (χ1) is 4.20. The molecule has 54 valence electrons. The zero-order valence-electron chi connectivity index (χ0n) is 5.19. The zero-order chi connectivity index (χ0) is 6.85. The highest BCUT2D eigenvalue weighted by Gasteiger charge is 2.28. The van der Waals surface area contributed by atoms with Crippen molar-refractivity contribution in [2.24, 2.45) is 11.7 Å². The van der Waals surface area contributed by atoms with Crippen molar-refractivity contribution in [1.82, 2.24) is 0 Å². The van der Waals surface area contributed by atoms with E-state index in [1.165, 1.54) is 0 Å². The van der Waals surface area contributed by atoms with Crippen molar-refractivity contribution in [3.8, 4) is 0 Å². The topological polar surface area (TPSA) is 26.0 Å². The molecule has 1 nitrogen and oxygen atoms in total. The third kappa shape index (κ3) is 1.61. The van der Waals surface area contributed by atoms with Crippen LogP contribution in [0.2, 0.25) is 0 Å². The molecule has 2 N–H and O–H groups in total. The molecule has 0 bridgehead atoms. The smallest absolute Gasteiger partial charge is 0.241 e. The number of halogens is 2. The first-order valence-corrected chi connectivity index (χ1v) is 3.24. The van der Waals surface area contributed by atoms with Crippen LogP contribution in [-0.4, -0.2) is 12.5 Å². The summed E-state index contributed by atoms with van der Waals surface area (Å²) >= 11 is 0. The lowest BCUT2D eigenvalue weighted by Crippen LogP contribution is -2.16. The molecule has 1 rings (SSSR count). The molecule has 9 heavy (non-hydrogen) atoms. The Kier molecular flexibility index (Phi) is 2.01. The number of hydrogen-bond acceptors (Lipinski definition) is 1. The Morgan fingerprint density at radius 2 is 2.00 bits per heavy atom. The van der Waals surface area contributed by atoms with Gasteiger partial charge in [0.05, 0.1) is 0 Å². The Morgan fingerprint density at radius 3 is 2.22 bits per heavy atom. The van der Waals surface area contributed by atoms with Crippen LogP contribution in [0.1, 0.15) is 19.3 Å². The van der Waals surface area contributed by atoms with E-state index >= 15 is 0 Å². The quantitative estimate of drug-likeness (QED) is 0.577. The Bertz CT molecular complexity index is 95.1. The van der Waals surface area contributed by atoms with Crippen LogP contribution in [0, 0.1) is 5.92 Å². The zero-order valence-corrected chi connectivity index (χ0v) is 5.19. The van der Waals surface area contributed by atoms with Crippen molar-refractivity contribution in [2.75, 3.05) is 0 Å². The summed E-state index contributed by atoms with van der Waals surface area (Å²) in [6.45, 7) is 0. The van der Waals surface area contributed by atoms with Crippen molar-refractivity contribution >= 4 is 0 Å². The third-order valence-electron chi connectivity index (χ3n) is 1.87. The summed E-state index contributed by atoms with van der Waals surface area (Å²) in [5, 5.41) is 0. The van der Waals surface area contributed by atoms with E-state index in [1.54, 1.807) is 0 Å². The van der Waals surface area contributed by atoms with E-state index in [-0.39, 0.29) is 6.04 Å². The van der Waals surface area contributed by atoms with Crippen LogP contribution in [0.25, 0.3) is 0 Å². The van der Waals surface area contributed by atoms with Crippen molar-refractivity contribution in [1.29, 1.82) is 0 Å². The van der Waals surface area contributed by atoms with Crippen molar-refractivity contribution in [2.45, 2.75) is 31.7 Å². The fraction of sp³-hybridized carbons (Fsp3) is 1.00. The minimum atomic E-state index is -2.15. The van der Waals surface area contributed by atoms with Crippen molar-refractivity contribution < 1.29 is 8.78 Å². The lowest BCUT2D eigenvalue weighted by Gasteiger charge is -2.05. The molecular formula is C6H11F2N. The largest absolute Gasteiger partial charge is 0.328 e. The molecule has 1 aliphatic carbocycles. The first-order valence-electron chi connectivity index (χ1n) is 3.24. The molecule has 0 amide bonds. The second-order valence-electron chi connectivity index (χ2n) is 2.67. The second-order valence-corrected chi connectivity index (χ2v) is 2.67. The first kappa shape index (κ1) is 6.93. The Balaban J connectivity index is 2.30. The molecule has 0 aliphatic heterocycles. The summed E-state index contributed by atoms with van der Waals surface area (Å²) in [5.41, 5.74) is 5.43. The Hall–Kier alpha value is -0.180. The third-order valence-corrected chi connectivity index (χ3v) is 1.87. The molecule has 0 aromatic heterocycles. The standard InChI is InChI=1S/C6H11F2N/c7-6(8)4-1-2-5(9)3-4/h4-6H,1-3,9H2/t4-,5+/m0/s1. The number of rotatable bonds is 1. The van der Waals surface area contributed by atoms with Crippen LogP contribution in [-0.2, 0) is 0 Å². The summed E-state index contributed by atoms with van der Waals surface area (Å²) in [6.07, 6.45) is -0.260. The Morgan fingerprint density at radius 1 is 1.33 bits per heavy atom. The maximum absolute atomic E-state index is 11.9. The van der Waals surface area contributed by atoms with E-state index in [0.29, 0.717) is 12.8 Å². The highest BCUT2D eigenvalue weighted by Crippen LogP contribution is 2.28. The number of alkyl halides is 2. The van der Waals surface area contributed by atoms with Crippen LogP contribution >= 0.6 is 0 Å². The summed E-state index contributed by atoms with van der Waals surface area (Å²) < 4.78 is 23.7. The molecule has 0 radical (unpaired) electrons. The molecule has 0 aromatic rings. The average molecular weight is 135 g/mol. The lowest BCUT2D eigenvalue weighted by molar-refractivity contribution is 0.0800. The van der Waals surface area contributed by atoms with Gasteiger partial charge in [-0.05, 0) is 19.3 Å². The Labute approximate surface area is 53.2 Å². The van der Waals surface area contributed by atoms with Crippen LogP contribution in [0.3, 0.4) is 0 Å². The van der Waals surface area contributed by atoms with Gasteiger partial charge in [-0.3, -0.25) is 0 Å². The van der Waals surface area contributed by atoms with Gasteiger partial charge in [-0.2, -0.15) is 0 Å². The molecule has 3 heteroatoms. The number of nitrogens with two attached hydrogens (primary N) is 1. The molecule has 0 unspecified atom stereocenters. The molecule has 1 fully saturated rings. The van der Waals surface area contributed by atoms with E-state index in [1.807, 2.05) is 0 Å². The van der Waals surface area contributed by atoms with E-state index in [0.717, 1.165) is 6.42 Å². The van der Waals surface area contributed by atoms with Crippen molar-refractivity contribution in [3.63, 3.8) is 0 Å². The van der Waals surface area contributed by atoms with Crippen LogP contribution < -0.4 is 5.73 Å². The maximum Gasteiger partial charge on any atom is 0.241 e. The molecule has 0 aromatic carbocycles. The predicted octanol–water partition coefficient (Wildman–Crippen LogP) is 1.38. The highest BCUT2D eigenvalue weighted by molar-refractivity contribution is 4.78. The lowest BCUT2D eigenvalue weighted by atomic mass is 10.1. The van der Waals surface area contributed by atoms with Gasteiger partial charge in [-0.25, -0.2) is 8.78 Å². The average Bonchev–Trinajstić information content (AvgIpc) is 2.14. The van der Waals surface area contributed by atoms with E-state index in [4.69, 9.17) is 5.73 Å². The fourth-order valence-electron chi connectivity index (χ4n) is 1.28. The van der Waals surface area contributed by atoms with Gasteiger partial charge in [0.25, 0.3) is 0 Å². The van der Waals surface area contributed by atoms with E-state index in [2.05, 4.69) is 0 Å². The number of hydrogen-bond donors (Lipinski definition) is 1. The van der Waals surface area contributed by atoms with Gasteiger partial charge in [0, 0.05) is 12.0 Å². The van der Waals surface area contributed by atoms with Gasteiger partial charge in [-0.1, -0.05) is 0 Å². The highest BCUT2D eigenvalue weighted by atomic mass is 19.3.